The molecule has 9 aromatic rings. The smallest absolute Gasteiger partial charge is 0.164 e. The number of aromatic nitrogens is 3. The van der Waals surface area contributed by atoms with Gasteiger partial charge in [-0.2, -0.15) is 0 Å². The zero-order chi connectivity index (χ0) is 32.0. The lowest BCUT2D eigenvalue weighted by Gasteiger charge is -2.21. The summed E-state index contributed by atoms with van der Waals surface area (Å²) in [6, 6.07) is 49.1. The van der Waals surface area contributed by atoms with E-state index < -0.39 is 0 Å². The fraction of sp³-hybridized carbons (Fsp3) is 0.0682. The Labute approximate surface area is 277 Å². The van der Waals surface area contributed by atoms with Crippen molar-refractivity contribution in [2.24, 2.45) is 0 Å². The first kappa shape index (κ1) is 27.0. The Bertz CT molecular complexity index is 2770. The fourth-order valence-electron chi connectivity index (χ4n) is 7.55. The van der Waals surface area contributed by atoms with Crippen LogP contribution in [0.3, 0.4) is 0 Å². The molecule has 2 aromatic heterocycles. The highest BCUT2D eigenvalue weighted by atomic mass is 16.3. The molecular weight excluding hydrogens is 587 g/mol. The average molecular weight is 616 g/mol. The van der Waals surface area contributed by atoms with E-state index in [9.17, 15) is 0 Å². The van der Waals surface area contributed by atoms with Crippen LogP contribution in [0.25, 0.3) is 88.8 Å². The van der Waals surface area contributed by atoms with Crippen molar-refractivity contribution in [3.8, 4) is 45.3 Å². The number of fused-ring (bicyclic) bond motifs is 8. The van der Waals surface area contributed by atoms with Gasteiger partial charge in [-0.05, 0) is 80.2 Å². The minimum Gasteiger partial charge on any atom is -0.456 e. The number of hydrogen-bond acceptors (Lipinski definition) is 4. The summed E-state index contributed by atoms with van der Waals surface area (Å²) in [6.07, 6.45) is 0. The van der Waals surface area contributed by atoms with Crippen LogP contribution in [0, 0.1) is 0 Å². The molecule has 10 rings (SSSR count). The molecule has 7 aromatic carbocycles. The van der Waals surface area contributed by atoms with E-state index in [0.717, 1.165) is 49.4 Å². The summed E-state index contributed by atoms with van der Waals surface area (Å²) in [7, 11) is 0. The molecule has 48 heavy (non-hydrogen) atoms. The number of nitrogens with zero attached hydrogens (tertiary/aromatic N) is 3. The Morgan fingerprint density at radius 1 is 0.417 bits per heavy atom. The monoisotopic (exact) mass is 615 g/mol. The molecule has 0 fully saturated rings. The Morgan fingerprint density at radius 3 is 1.73 bits per heavy atom. The van der Waals surface area contributed by atoms with Crippen molar-refractivity contribution in [2.45, 2.75) is 19.3 Å². The lowest BCUT2D eigenvalue weighted by atomic mass is 9.82. The maximum atomic E-state index is 6.43. The quantitative estimate of drug-likeness (QED) is 0.198. The molecule has 226 valence electrons. The van der Waals surface area contributed by atoms with Crippen molar-refractivity contribution < 1.29 is 4.42 Å². The molecule has 1 aliphatic carbocycles. The van der Waals surface area contributed by atoms with Gasteiger partial charge in [0.1, 0.15) is 11.2 Å². The molecule has 0 atom stereocenters. The van der Waals surface area contributed by atoms with E-state index in [-0.39, 0.29) is 5.41 Å². The summed E-state index contributed by atoms with van der Waals surface area (Å²) in [6.45, 7) is 4.60. The molecule has 0 N–H and O–H groups in total. The van der Waals surface area contributed by atoms with Gasteiger partial charge in [-0.15, -0.1) is 0 Å². The Balaban J connectivity index is 1.17. The molecule has 0 saturated carbocycles. The molecule has 0 amide bonds. The second kappa shape index (κ2) is 9.93. The number of furan rings is 1. The standard InChI is InChI=1S/C44H29N3O/c1-44(2)37-14-8-7-13-33(37)35-23-31(18-20-38(35)44)42-45-41(30-16-15-26-9-3-4-10-27(26)21-30)46-43(47-42)32-17-19-34-36-22-28-11-5-6-12-29(28)24-40(36)48-39(34)25-32/h3-25H,1-2H3. The summed E-state index contributed by atoms with van der Waals surface area (Å²) in [5, 5.41) is 6.85. The highest BCUT2D eigenvalue weighted by molar-refractivity contribution is 6.10. The van der Waals surface area contributed by atoms with Gasteiger partial charge in [0.2, 0.25) is 0 Å². The highest BCUT2D eigenvalue weighted by Crippen LogP contribution is 2.49. The van der Waals surface area contributed by atoms with Crippen LogP contribution in [0.2, 0.25) is 0 Å². The first-order valence-electron chi connectivity index (χ1n) is 16.4. The second-order valence-electron chi connectivity index (χ2n) is 13.3. The van der Waals surface area contributed by atoms with E-state index in [0.29, 0.717) is 17.5 Å². The molecule has 0 saturated heterocycles. The summed E-state index contributed by atoms with van der Waals surface area (Å²) in [4.78, 5) is 15.3. The third kappa shape index (κ3) is 4.06. The van der Waals surface area contributed by atoms with Gasteiger partial charge in [0, 0.05) is 32.9 Å². The topological polar surface area (TPSA) is 51.8 Å². The third-order valence-corrected chi connectivity index (χ3v) is 10.1. The van der Waals surface area contributed by atoms with Gasteiger partial charge in [0.15, 0.2) is 17.5 Å². The van der Waals surface area contributed by atoms with Crippen LogP contribution in [0.4, 0.5) is 0 Å². The lowest BCUT2D eigenvalue weighted by Crippen LogP contribution is -2.14. The summed E-state index contributed by atoms with van der Waals surface area (Å²) < 4.78 is 6.43. The Hall–Kier alpha value is -6.13. The van der Waals surface area contributed by atoms with E-state index in [1.54, 1.807) is 0 Å². The molecule has 4 heteroatoms. The van der Waals surface area contributed by atoms with Gasteiger partial charge in [-0.3, -0.25) is 0 Å². The number of benzene rings is 7. The molecule has 0 radical (unpaired) electrons. The first-order valence-corrected chi connectivity index (χ1v) is 16.4. The van der Waals surface area contributed by atoms with E-state index in [1.165, 1.54) is 33.0 Å². The van der Waals surface area contributed by atoms with Crippen LogP contribution in [0.1, 0.15) is 25.0 Å². The van der Waals surface area contributed by atoms with Gasteiger partial charge in [-0.1, -0.05) is 117 Å². The fourth-order valence-corrected chi connectivity index (χ4v) is 7.55. The predicted molar refractivity (Wildman–Crippen MR) is 196 cm³/mol. The van der Waals surface area contributed by atoms with Crippen molar-refractivity contribution >= 4 is 43.5 Å². The Morgan fingerprint density at radius 2 is 0.958 bits per heavy atom. The normalized spacial score (nSPS) is 13.4. The third-order valence-electron chi connectivity index (χ3n) is 10.1. The van der Waals surface area contributed by atoms with Crippen LogP contribution in [-0.2, 0) is 5.41 Å². The molecule has 2 heterocycles. The minimum atomic E-state index is -0.0706. The van der Waals surface area contributed by atoms with Gasteiger partial charge >= 0.3 is 0 Å². The summed E-state index contributed by atoms with van der Waals surface area (Å²) in [5.74, 6) is 1.89. The van der Waals surface area contributed by atoms with Crippen molar-refractivity contribution in [3.05, 3.63) is 151 Å². The van der Waals surface area contributed by atoms with E-state index in [4.69, 9.17) is 19.4 Å². The first-order chi connectivity index (χ1) is 23.5. The predicted octanol–water partition coefficient (Wildman–Crippen LogP) is 11.4. The van der Waals surface area contributed by atoms with Crippen molar-refractivity contribution in [3.63, 3.8) is 0 Å². The second-order valence-corrected chi connectivity index (χ2v) is 13.3. The Kier molecular flexibility index (Phi) is 5.59. The van der Waals surface area contributed by atoms with Crippen molar-refractivity contribution in [1.82, 2.24) is 15.0 Å². The molecule has 0 unspecified atom stereocenters. The maximum absolute atomic E-state index is 6.43. The molecule has 0 spiro atoms. The molecule has 0 aliphatic heterocycles. The van der Waals surface area contributed by atoms with Gasteiger partial charge in [0.25, 0.3) is 0 Å². The molecule has 1 aliphatic rings. The average Bonchev–Trinajstić information content (AvgIpc) is 3.60. The highest BCUT2D eigenvalue weighted by Gasteiger charge is 2.35. The van der Waals surface area contributed by atoms with Gasteiger partial charge < -0.3 is 4.42 Å². The zero-order valence-electron chi connectivity index (χ0n) is 26.5. The van der Waals surface area contributed by atoms with Crippen molar-refractivity contribution in [2.75, 3.05) is 0 Å². The number of rotatable bonds is 3. The molecule has 4 nitrogen and oxygen atoms in total. The van der Waals surface area contributed by atoms with Gasteiger partial charge in [-0.25, -0.2) is 15.0 Å². The SMILES string of the molecule is CC1(C)c2ccccc2-c2cc(-c3nc(-c4ccc5ccccc5c4)nc(-c4ccc5c(c4)oc4cc6ccccc6cc45)n3)ccc21. The van der Waals surface area contributed by atoms with Crippen LogP contribution < -0.4 is 0 Å². The summed E-state index contributed by atoms with van der Waals surface area (Å²) in [5.41, 5.74) is 9.56. The van der Waals surface area contributed by atoms with E-state index in [1.807, 2.05) is 0 Å². The van der Waals surface area contributed by atoms with E-state index in [2.05, 4.69) is 153 Å². The largest absolute Gasteiger partial charge is 0.456 e. The maximum Gasteiger partial charge on any atom is 0.164 e. The zero-order valence-corrected chi connectivity index (χ0v) is 26.5. The van der Waals surface area contributed by atoms with Gasteiger partial charge in [0.05, 0.1) is 0 Å². The van der Waals surface area contributed by atoms with E-state index >= 15 is 0 Å². The van der Waals surface area contributed by atoms with Crippen molar-refractivity contribution in [1.29, 1.82) is 0 Å². The number of hydrogen-bond donors (Lipinski definition) is 0. The van der Waals surface area contributed by atoms with Crippen LogP contribution in [0.5, 0.6) is 0 Å². The van der Waals surface area contributed by atoms with Crippen LogP contribution >= 0.6 is 0 Å². The molecular formula is C44H29N3O. The lowest BCUT2D eigenvalue weighted by molar-refractivity contribution is 0.660. The minimum absolute atomic E-state index is 0.0706. The van der Waals surface area contributed by atoms with Crippen LogP contribution in [0.15, 0.2) is 144 Å². The molecule has 0 bridgehead atoms. The van der Waals surface area contributed by atoms with Crippen LogP contribution in [-0.4, -0.2) is 15.0 Å². The summed E-state index contributed by atoms with van der Waals surface area (Å²) >= 11 is 0.